The van der Waals surface area contributed by atoms with E-state index in [1.165, 1.54) is 36.1 Å². The van der Waals surface area contributed by atoms with E-state index < -0.39 is 0 Å². The number of anilines is 2. The lowest BCUT2D eigenvalue weighted by Gasteiger charge is -2.43. The van der Waals surface area contributed by atoms with Gasteiger partial charge < -0.3 is 15.4 Å². The second-order valence-corrected chi connectivity index (χ2v) is 9.93. The van der Waals surface area contributed by atoms with Crippen molar-refractivity contribution in [2.75, 3.05) is 17.7 Å². The Morgan fingerprint density at radius 2 is 1.82 bits per heavy atom. The summed E-state index contributed by atoms with van der Waals surface area (Å²) >= 11 is 0. The first-order valence-electron chi connectivity index (χ1n) is 12.0. The summed E-state index contributed by atoms with van der Waals surface area (Å²) in [6.45, 7) is 2.01. The zero-order valence-corrected chi connectivity index (χ0v) is 19.2. The number of benzene rings is 3. The molecule has 4 heteroatoms. The highest BCUT2D eigenvalue weighted by atomic mass is 16.5. The molecule has 2 saturated carbocycles. The van der Waals surface area contributed by atoms with E-state index in [1.807, 2.05) is 31.2 Å². The third-order valence-corrected chi connectivity index (χ3v) is 8.11. The molecule has 4 nitrogen and oxygen atoms in total. The molecular weight excluding hydrogens is 408 g/mol. The summed E-state index contributed by atoms with van der Waals surface area (Å²) in [5.41, 5.74) is 6.38. The van der Waals surface area contributed by atoms with Crippen LogP contribution >= 0.6 is 0 Å². The molecule has 3 aromatic carbocycles. The Labute approximate surface area is 195 Å². The van der Waals surface area contributed by atoms with Crippen LogP contribution in [0.2, 0.25) is 0 Å². The monoisotopic (exact) mass is 438 g/mol. The van der Waals surface area contributed by atoms with Crippen LogP contribution in [0.25, 0.3) is 0 Å². The minimum Gasteiger partial charge on any atom is -0.495 e. The summed E-state index contributed by atoms with van der Waals surface area (Å²) in [6, 6.07) is 23.2. The molecule has 5 atom stereocenters. The van der Waals surface area contributed by atoms with Crippen molar-refractivity contribution in [2.45, 2.75) is 38.1 Å². The van der Waals surface area contributed by atoms with E-state index in [-0.39, 0.29) is 5.91 Å². The van der Waals surface area contributed by atoms with Crippen molar-refractivity contribution in [3.05, 3.63) is 89.0 Å². The topological polar surface area (TPSA) is 50.4 Å². The summed E-state index contributed by atoms with van der Waals surface area (Å²) in [6.07, 6.45) is 3.96. The summed E-state index contributed by atoms with van der Waals surface area (Å²) in [4.78, 5) is 13.2. The fourth-order valence-electron chi connectivity index (χ4n) is 6.73. The van der Waals surface area contributed by atoms with Gasteiger partial charge in [0.15, 0.2) is 0 Å². The van der Waals surface area contributed by atoms with E-state index in [4.69, 9.17) is 4.74 Å². The summed E-state index contributed by atoms with van der Waals surface area (Å²) in [7, 11) is 1.63. The maximum atomic E-state index is 13.2. The number of ether oxygens (including phenoxy) is 1. The zero-order valence-electron chi connectivity index (χ0n) is 19.2. The second-order valence-electron chi connectivity index (χ2n) is 9.93. The Hall–Kier alpha value is -3.27. The van der Waals surface area contributed by atoms with Gasteiger partial charge in [-0.15, -0.1) is 0 Å². The van der Waals surface area contributed by atoms with Gasteiger partial charge in [-0.2, -0.15) is 0 Å². The molecule has 3 aromatic rings. The average Bonchev–Trinajstić information content (AvgIpc) is 3.47. The number of nitrogens with one attached hydrogen (secondary N) is 2. The van der Waals surface area contributed by atoms with Gasteiger partial charge in [0.05, 0.1) is 18.8 Å². The number of carbonyl (C=O) groups is 1. The number of methoxy groups -OCH3 is 1. The van der Waals surface area contributed by atoms with Crippen LogP contribution in [-0.4, -0.2) is 13.0 Å². The van der Waals surface area contributed by atoms with E-state index >= 15 is 0 Å². The molecule has 0 saturated heterocycles. The van der Waals surface area contributed by atoms with Gasteiger partial charge in [0.25, 0.3) is 5.91 Å². The van der Waals surface area contributed by atoms with Crippen LogP contribution in [-0.2, 0) is 0 Å². The van der Waals surface area contributed by atoms with Crippen LogP contribution in [0.5, 0.6) is 5.75 Å². The van der Waals surface area contributed by atoms with Crippen LogP contribution in [0.4, 0.5) is 11.4 Å². The third kappa shape index (κ3) is 3.40. The highest BCUT2D eigenvalue weighted by molar-refractivity contribution is 6.05. The predicted molar refractivity (Wildman–Crippen MR) is 132 cm³/mol. The second kappa shape index (κ2) is 7.95. The number of rotatable bonds is 4. The predicted octanol–water partition coefficient (Wildman–Crippen LogP) is 6.55. The molecular formula is C29H30N2O2. The number of hydrogen-bond acceptors (Lipinski definition) is 3. The molecule has 2 aliphatic carbocycles. The number of fused-ring (bicyclic) bond motifs is 7. The quantitative estimate of drug-likeness (QED) is 0.485. The SMILES string of the molecule is COc1ccc(C)cc1NC(=O)c1ccc2c(c1)[C@@H]1[C@H]3CC[C@@H](C3)[C@H]1[C@@H](c1ccccc1)N2. The highest BCUT2D eigenvalue weighted by Crippen LogP contribution is 2.63. The van der Waals surface area contributed by atoms with Gasteiger partial charge in [0.1, 0.15) is 5.75 Å². The Morgan fingerprint density at radius 3 is 2.64 bits per heavy atom. The number of amides is 1. The molecule has 1 heterocycles. The molecule has 0 radical (unpaired) electrons. The number of hydrogen-bond donors (Lipinski definition) is 2. The van der Waals surface area contributed by atoms with Crippen molar-refractivity contribution in [2.24, 2.45) is 17.8 Å². The Morgan fingerprint density at radius 1 is 1.00 bits per heavy atom. The van der Waals surface area contributed by atoms with Crippen LogP contribution in [0.1, 0.15) is 58.3 Å². The first-order valence-corrected chi connectivity index (χ1v) is 12.0. The smallest absolute Gasteiger partial charge is 0.255 e. The molecule has 33 heavy (non-hydrogen) atoms. The van der Waals surface area contributed by atoms with Crippen LogP contribution in [0, 0.1) is 24.7 Å². The molecule has 2 bridgehead atoms. The van der Waals surface area contributed by atoms with Crippen molar-refractivity contribution in [3.8, 4) is 5.75 Å². The normalized spacial score (nSPS) is 26.8. The fraction of sp³-hybridized carbons (Fsp3) is 0.345. The fourth-order valence-corrected chi connectivity index (χ4v) is 6.73. The molecule has 6 rings (SSSR count). The molecule has 2 fully saturated rings. The minimum atomic E-state index is -0.0911. The van der Waals surface area contributed by atoms with Crippen LogP contribution in [0.3, 0.4) is 0 Å². The largest absolute Gasteiger partial charge is 0.495 e. The van der Waals surface area contributed by atoms with Crippen molar-refractivity contribution < 1.29 is 9.53 Å². The number of aryl methyl sites for hydroxylation is 1. The van der Waals surface area contributed by atoms with E-state index in [1.54, 1.807) is 7.11 Å². The molecule has 3 aliphatic rings. The van der Waals surface area contributed by atoms with E-state index in [0.29, 0.717) is 34.9 Å². The van der Waals surface area contributed by atoms with Crippen LogP contribution in [0.15, 0.2) is 66.7 Å². The first kappa shape index (κ1) is 20.3. The maximum absolute atomic E-state index is 13.2. The summed E-state index contributed by atoms with van der Waals surface area (Å²) in [5.74, 6) is 3.18. The lowest BCUT2D eigenvalue weighted by molar-refractivity contribution is 0.102. The van der Waals surface area contributed by atoms with Gasteiger partial charge in [-0.25, -0.2) is 0 Å². The van der Waals surface area contributed by atoms with E-state index in [2.05, 4.69) is 53.1 Å². The minimum absolute atomic E-state index is 0.0911. The Bertz CT molecular complexity index is 1210. The zero-order chi connectivity index (χ0) is 22.5. The van der Waals surface area contributed by atoms with Gasteiger partial charge in [-0.1, -0.05) is 36.4 Å². The summed E-state index contributed by atoms with van der Waals surface area (Å²) in [5, 5.41) is 6.93. The van der Waals surface area contributed by atoms with Crippen molar-refractivity contribution in [3.63, 3.8) is 0 Å². The van der Waals surface area contributed by atoms with Gasteiger partial charge >= 0.3 is 0 Å². The van der Waals surface area contributed by atoms with Crippen molar-refractivity contribution in [1.82, 2.24) is 0 Å². The molecule has 0 unspecified atom stereocenters. The van der Waals surface area contributed by atoms with Gasteiger partial charge in [0, 0.05) is 11.3 Å². The third-order valence-electron chi connectivity index (χ3n) is 8.11. The molecule has 168 valence electrons. The van der Waals surface area contributed by atoms with E-state index in [0.717, 1.165) is 17.4 Å². The van der Waals surface area contributed by atoms with Gasteiger partial charge in [-0.05, 0) is 96.9 Å². The maximum Gasteiger partial charge on any atom is 0.255 e. The van der Waals surface area contributed by atoms with Gasteiger partial charge in [0.2, 0.25) is 0 Å². The van der Waals surface area contributed by atoms with Gasteiger partial charge in [-0.3, -0.25) is 4.79 Å². The number of carbonyl (C=O) groups excluding carboxylic acids is 1. The van der Waals surface area contributed by atoms with E-state index in [9.17, 15) is 4.79 Å². The molecule has 1 amide bonds. The molecule has 0 aromatic heterocycles. The lowest BCUT2D eigenvalue weighted by atomic mass is 9.68. The average molecular weight is 439 g/mol. The standard InChI is InChI=1S/C29H30N2O2/c1-17-8-13-25(33-2)24(14-17)31-29(32)21-11-12-23-22(16-21)26-19-9-10-20(15-19)27(26)28(30-23)18-6-4-3-5-7-18/h3-8,11-14,16,19-20,26-28,30H,9-10,15H2,1-2H3,(H,31,32)/t19-,20-,26-,27+,28+/m0/s1. The molecule has 1 aliphatic heterocycles. The molecule has 2 N–H and O–H groups in total. The van der Waals surface area contributed by atoms with Crippen LogP contribution < -0.4 is 15.4 Å². The van der Waals surface area contributed by atoms with Crippen molar-refractivity contribution >= 4 is 17.3 Å². The highest BCUT2D eigenvalue weighted by Gasteiger charge is 2.53. The first-order chi connectivity index (χ1) is 16.1. The Kier molecular flexibility index (Phi) is 4.90. The Balaban J connectivity index is 1.34. The summed E-state index contributed by atoms with van der Waals surface area (Å²) < 4.78 is 5.45. The molecule has 0 spiro atoms. The lowest BCUT2D eigenvalue weighted by Crippen LogP contribution is -2.35. The van der Waals surface area contributed by atoms with Crippen molar-refractivity contribution in [1.29, 1.82) is 0 Å².